The summed E-state index contributed by atoms with van der Waals surface area (Å²) in [4.78, 5) is 2.42. The molecule has 0 saturated carbocycles. The second kappa shape index (κ2) is 18.4. The van der Waals surface area contributed by atoms with Crippen molar-refractivity contribution in [3.63, 3.8) is 0 Å². The van der Waals surface area contributed by atoms with Gasteiger partial charge in [-0.25, -0.2) is 0 Å². The number of nitrogens with zero attached hydrogens (tertiary/aromatic N) is 1. The highest BCUT2D eigenvalue weighted by Crippen LogP contribution is 2.47. The van der Waals surface area contributed by atoms with Crippen LogP contribution < -0.4 is 4.90 Å². The van der Waals surface area contributed by atoms with Crippen molar-refractivity contribution in [1.29, 1.82) is 0 Å². The van der Waals surface area contributed by atoms with Gasteiger partial charge >= 0.3 is 0 Å². The number of hydrogen-bond acceptors (Lipinski definition) is 2. The molecule has 0 aliphatic rings. The molecule has 0 saturated heterocycles. The Morgan fingerprint density at radius 3 is 1.45 bits per heavy atom. The zero-order valence-electron chi connectivity index (χ0n) is 40.5. The molecule has 2 heteroatoms. The van der Waals surface area contributed by atoms with Gasteiger partial charge in [-0.3, -0.25) is 0 Å². The molecule has 0 radical (unpaired) electrons. The molecule has 0 fully saturated rings. The van der Waals surface area contributed by atoms with Gasteiger partial charge < -0.3 is 4.90 Å². The van der Waals surface area contributed by atoms with Crippen molar-refractivity contribution < 1.29 is 0 Å². The van der Waals surface area contributed by atoms with Crippen molar-refractivity contribution in [2.45, 2.75) is 0 Å². The van der Waals surface area contributed by atoms with Crippen LogP contribution in [0.2, 0.25) is 0 Å². The number of benzene rings is 13. The molecule has 14 aromatic rings. The maximum Gasteiger partial charge on any atom is 0.0467 e. The molecular weight excluding hydrogens is 911 g/mol. The summed E-state index contributed by atoms with van der Waals surface area (Å²) in [5.41, 5.74) is 17.7. The highest BCUT2D eigenvalue weighted by atomic mass is 32.1. The first kappa shape index (κ1) is 43.4. The smallest absolute Gasteiger partial charge is 0.0467 e. The normalized spacial score (nSPS) is 11.5. The molecule has 1 heterocycles. The van der Waals surface area contributed by atoms with E-state index in [1.54, 1.807) is 0 Å². The molecule has 0 spiro atoms. The number of thiophene rings is 1. The molecule has 1 aromatic heterocycles. The predicted molar refractivity (Wildman–Crippen MR) is 319 cm³/mol. The fraction of sp³-hybridized carbons (Fsp3) is 0. The van der Waals surface area contributed by atoms with Crippen LogP contribution in [0.25, 0.3) is 119 Å². The zero-order valence-corrected chi connectivity index (χ0v) is 41.3. The highest BCUT2D eigenvalue weighted by Gasteiger charge is 2.20. The van der Waals surface area contributed by atoms with Crippen LogP contribution in [0.4, 0.5) is 17.1 Å². The molecule has 74 heavy (non-hydrogen) atoms. The largest absolute Gasteiger partial charge is 0.310 e. The Morgan fingerprint density at radius 1 is 0.230 bits per heavy atom. The Labute approximate surface area is 435 Å². The van der Waals surface area contributed by atoms with E-state index >= 15 is 0 Å². The van der Waals surface area contributed by atoms with E-state index in [9.17, 15) is 0 Å². The lowest BCUT2D eigenvalue weighted by Crippen LogP contribution is -2.10. The summed E-state index contributed by atoms with van der Waals surface area (Å²) < 4.78 is 2.62. The molecule has 0 amide bonds. The summed E-state index contributed by atoms with van der Waals surface area (Å²) in [5.74, 6) is 0. The molecule has 0 unspecified atom stereocenters. The quantitative estimate of drug-likeness (QED) is 0.130. The molecule has 1 nitrogen and oxygen atoms in total. The maximum absolute atomic E-state index is 2.42. The highest BCUT2D eigenvalue weighted by molar-refractivity contribution is 7.26. The van der Waals surface area contributed by atoms with E-state index in [2.05, 4.69) is 290 Å². The van der Waals surface area contributed by atoms with E-state index < -0.39 is 0 Å². The average Bonchev–Trinajstić information content (AvgIpc) is 3.87. The monoisotopic (exact) mass is 957 g/mol. The van der Waals surface area contributed by atoms with Gasteiger partial charge in [0.05, 0.1) is 0 Å². The molecular formula is C72H47NS. The lowest BCUT2D eigenvalue weighted by molar-refractivity contribution is 1.28. The summed E-state index contributed by atoms with van der Waals surface area (Å²) in [6.07, 6.45) is 0. The molecule has 13 aromatic carbocycles. The number of hydrogen-bond donors (Lipinski definition) is 0. The SMILES string of the molecule is c1ccc(-c2c(-c3ccccc3)c3cc(-c4cccc(N(c5ccc(-c6ccc(-c7cccc8ccccc78)cc6)cc5)c5cccc(-c6cccc7c6sc6ccccc67)c5)c4)ccc3c3ccccc23)cc1. The van der Waals surface area contributed by atoms with Crippen LogP contribution in [-0.4, -0.2) is 0 Å². The van der Waals surface area contributed by atoms with E-state index in [1.165, 1.54) is 114 Å². The summed E-state index contributed by atoms with van der Waals surface area (Å²) in [5, 5.41) is 10.1. The van der Waals surface area contributed by atoms with E-state index in [1.807, 2.05) is 11.3 Å². The van der Waals surface area contributed by atoms with Crippen LogP contribution in [0.1, 0.15) is 0 Å². The maximum atomic E-state index is 2.42. The fourth-order valence-electron chi connectivity index (χ4n) is 11.4. The van der Waals surface area contributed by atoms with Crippen LogP contribution in [0, 0.1) is 0 Å². The van der Waals surface area contributed by atoms with Gasteiger partial charge in [0.25, 0.3) is 0 Å². The molecule has 14 rings (SSSR count). The summed E-state index contributed by atoms with van der Waals surface area (Å²) >= 11 is 1.88. The van der Waals surface area contributed by atoms with Gasteiger partial charge in [0, 0.05) is 37.2 Å². The van der Waals surface area contributed by atoms with Crippen LogP contribution in [0.15, 0.2) is 285 Å². The first-order chi connectivity index (χ1) is 36.7. The molecule has 0 aliphatic carbocycles. The van der Waals surface area contributed by atoms with Gasteiger partial charge in [0.15, 0.2) is 0 Å². The Morgan fingerprint density at radius 2 is 0.703 bits per heavy atom. The zero-order chi connectivity index (χ0) is 49.0. The van der Waals surface area contributed by atoms with Crippen molar-refractivity contribution in [3.05, 3.63) is 285 Å². The first-order valence-corrected chi connectivity index (χ1v) is 26.2. The number of rotatable bonds is 9. The standard InChI is InChI=1S/C72H47NS/c1-3-18-52(19-4-1)70-66-30-10-9-28-63(66)64-44-41-55(47-68(64)71(70)53-20-5-2-6-21-53)54-23-13-25-58(45-54)73(59-26-14-24-56(46-59)62-32-16-33-67-65-29-11-12-34-69(65)74-72(62)67)57-42-39-49(40-43-57)48-35-37-51(38-36-48)61-31-15-22-50-17-7-8-27-60(50)61/h1-47H. The Kier molecular flexibility index (Phi) is 10.8. The van der Waals surface area contributed by atoms with Gasteiger partial charge in [-0.2, -0.15) is 0 Å². The van der Waals surface area contributed by atoms with Crippen LogP contribution in [0.5, 0.6) is 0 Å². The van der Waals surface area contributed by atoms with E-state index in [0.29, 0.717) is 0 Å². The topological polar surface area (TPSA) is 3.24 Å². The second-order valence-corrected chi connectivity index (χ2v) is 20.2. The third kappa shape index (κ3) is 7.63. The van der Waals surface area contributed by atoms with Crippen LogP contribution in [-0.2, 0) is 0 Å². The van der Waals surface area contributed by atoms with Gasteiger partial charge in [-0.15, -0.1) is 11.3 Å². The minimum absolute atomic E-state index is 1.08. The minimum atomic E-state index is 1.08. The second-order valence-electron chi connectivity index (χ2n) is 19.2. The Balaban J connectivity index is 0.905. The van der Waals surface area contributed by atoms with Gasteiger partial charge in [0.2, 0.25) is 0 Å². The molecule has 0 N–H and O–H groups in total. The molecule has 0 atom stereocenters. The van der Waals surface area contributed by atoms with Crippen molar-refractivity contribution in [1.82, 2.24) is 0 Å². The first-order valence-electron chi connectivity index (χ1n) is 25.4. The van der Waals surface area contributed by atoms with Crippen LogP contribution >= 0.6 is 11.3 Å². The van der Waals surface area contributed by atoms with Crippen molar-refractivity contribution in [3.8, 4) is 66.8 Å². The Bertz CT molecular complexity index is 4390. The summed E-state index contributed by atoms with van der Waals surface area (Å²) in [6, 6.07) is 105. The minimum Gasteiger partial charge on any atom is -0.310 e. The predicted octanol–water partition coefficient (Wildman–Crippen LogP) is 21.0. The average molecular weight is 958 g/mol. The number of anilines is 3. The lowest BCUT2D eigenvalue weighted by atomic mass is 9.84. The molecule has 0 aliphatic heterocycles. The van der Waals surface area contributed by atoms with E-state index in [0.717, 1.165) is 22.6 Å². The van der Waals surface area contributed by atoms with Crippen molar-refractivity contribution >= 4 is 80.9 Å². The van der Waals surface area contributed by atoms with Gasteiger partial charge in [-0.05, 0) is 148 Å². The summed E-state index contributed by atoms with van der Waals surface area (Å²) in [7, 11) is 0. The van der Waals surface area contributed by atoms with Gasteiger partial charge in [-0.1, -0.05) is 237 Å². The van der Waals surface area contributed by atoms with Crippen LogP contribution in [0.3, 0.4) is 0 Å². The van der Waals surface area contributed by atoms with E-state index in [4.69, 9.17) is 0 Å². The van der Waals surface area contributed by atoms with Crippen molar-refractivity contribution in [2.75, 3.05) is 4.90 Å². The third-order valence-corrected chi connectivity index (χ3v) is 16.1. The lowest BCUT2D eigenvalue weighted by Gasteiger charge is -2.27. The van der Waals surface area contributed by atoms with E-state index in [-0.39, 0.29) is 0 Å². The van der Waals surface area contributed by atoms with Gasteiger partial charge in [0.1, 0.15) is 0 Å². The molecule has 0 bridgehead atoms. The third-order valence-electron chi connectivity index (χ3n) is 14.9. The fourth-order valence-corrected chi connectivity index (χ4v) is 12.6. The summed E-state index contributed by atoms with van der Waals surface area (Å²) in [6.45, 7) is 0. The number of fused-ring (bicyclic) bond motifs is 7. The Hall–Kier alpha value is -9.34. The molecule has 346 valence electrons. The van der Waals surface area contributed by atoms with Crippen molar-refractivity contribution in [2.24, 2.45) is 0 Å².